The zero-order valence-electron chi connectivity index (χ0n) is 10.8. The van der Waals surface area contributed by atoms with E-state index in [0.717, 1.165) is 0 Å². The number of aliphatic carboxylic acids is 1. The largest absolute Gasteiger partial charge is 0.479 e. The second-order valence-electron chi connectivity index (χ2n) is 4.70. The van der Waals surface area contributed by atoms with Gasteiger partial charge in [0, 0.05) is 12.7 Å². The molecule has 1 aromatic carbocycles. The Bertz CT molecular complexity index is 467. The molecular weight excluding hydrogens is 266 g/mol. The molecule has 1 aliphatic rings. The summed E-state index contributed by atoms with van der Waals surface area (Å²) in [6.07, 6.45) is -7.36. The van der Waals surface area contributed by atoms with Crippen LogP contribution in [0.15, 0.2) is 30.3 Å². The van der Waals surface area contributed by atoms with E-state index in [-0.39, 0.29) is 0 Å². The number of hydrogen-bond donors (Lipinski definition) is 4. The monoisotopic (exact) mass is 283 g/mol. The topological polar surface area (TPSA) is 110 Å². The predicted molar refractivity (Wildman–Crippen MR) is 69.2 cm³/mol. The predicted octanol–water partition coefficient (Wildman–Crippen LogP) is -0.985. The number of para-hydroxylation sites is 1. The first kappa shape index (κ1) is 14.7. The third kappa shape index (κ3) is 2.61. The average Bonchev–Trinajstić information content (AvgIpc) is 2.45. The number of aliphatic hydroxyl groups excluding tert-OH is 3. The molecule has 1 saturated heterocycles. The van der Waals surface area contributed by atoms with Crippen molar-refractivity contribution < 1.29 is 30.0 Å². The van der Waals surface area contributed by atoms with Crippen molar-refractivity contribution in [1.29, 1.82) is 0 Å². The van der Waals surface area contributed by atoms with Crippen molar-refractivity contribution >= 4 is 11.7 Å². The minimum Gasteiger partial charge on any atom is -0.479 e. The van der Waals surface area contributed by atoms with E-state index in [1.807, 2.05) is 6.07 Å². The van der Waals surface area contributed by atoms with Gasteiger partial charge >= 0.3 is 5.97 Å². The van der Waals surface area contributed by atoms with Crippen LogP contribution in [-0.4, -0.2) is 64.1 Å². The van der Waals surface area contributed by atoms with Gasteiger partial charge in [-0.25, -0.2) is 4.79 Å². The fraction of sp³-hybridized carbons (Fsp3) is 0.462. The third-order valence-electron chi connectivity index (χ3n) is 3.38. The molecule has 0 aliphatic carbocycles. The van der Waals surface area contributed by atoms with E-state index in [1.165, 1.54) is 4.90 Å². The Morgan fingerprint density at radius 1 is 1.10 bits per heavy atom. The number of carboxylic acid groups (broad SMARTS) is 1. The Kier molecular flexibility index (Phi) is 4.24. The highest BCUT2D eigenvalue weighted by atomic mass is 16.6. The van der Waals surface area contributed by atoms with Crippen LogP contribution in [0.25, 0.3) is 0 Å². The maximum Gasteiger partial charge on any atom is 0.335 e. The molecule has 7 nitrogen and oxygen atoms in total. The molecule has 20 heavy (non-hydrogen) atoms. The highest BCUT2D eigenvalue weighted by Gasteiger charge is 2.48. The number of carbonyl (C=O) groups is 1. The van der Waals surface area contributed by atoms with Crippen LogP contribution < -0.4 is 4.90 Å². The number of ether oxygens (including phenoxy) is 1. The SMILES string of the molecule is CN(c1ccccc1)[C@@H]1O[C@H](C(=O)O)[C@@H](O)[C@H](O)[C@H]1O. The minimum atomic E-state index is -1.68. The van der Waals surface area contributed by atoms with Crippen LogP contribution in [-0.2, 0) is 9.53 Å². The minimum absolute atomic E-state index is 0.685. The summed E-state index contributed by atoms with van der Waals surface area (Å²) in [5, 5.41) is 38.3. The van der Waals surface area contributed by atoms with E-state index < -0.39 is 36.6 Å². The number of benzene rings is 1. The van der Waals surface area contributed by atoms with Crippen LogP contribution in [0.3, 0.4) is 0 Å². The van der Waals surface area contributed by atoms with E-state index >= 15 is 0 Å². The second kappa shape index (κ2) is 5.76. The van der Waals surface area contributed by atoms with E-state index in [0.29, 0.717) is 5.69 Å². The summed E-state index contributed by atoms with van der Waals surface area (Å²) >= 11 is 0. The van der Waals surface area contributed by atoms with Gasteiger partial charge in [0.05, 0.1) is 0 Å². The number of hydrogen-bond acceptors (Lipinski definition) is 6. The van der Waals surface area contributed by atoms with Crippen LogP contribution >= 0.6 is 0 Å². The molecule has 1 heterocycles. The number of likely N-dealkylation sites (N-methyl/N-ethyl adjacent to an activating group) is 1. The Morgan fingerprint density at radius 3 is 2.25 bits per heavy atom. The molecule has 0 aromatic heterocycles. The van der Waals surface area contributed by atoms with Crippen molar-refractivity contribution in [3.05, 3.63) is 30.3 Å². The molecule has 1 fully saturated rings. The molecule has 0 bridgehead atoms. The van der Waals surface area contributed by atoms with Crippen LogP contribution in [0.5, 0.6) is 0 Å². The zero-order valence-corrected chi connectivity index (χ0v) is 10.8. The van der Waals surface area contributed by atoms with Crippen molar-refractivity contribution in [2.24, 2.45) is 0 Å². The van der Waals surface area contributed by atoms with Crippen LogP contribution in [0.4, 0.5) is 5.69 Å². The molecule has 1 aromatic rings. The molecule has 5 atom stereocenters. The molecule has 2 rings (SSSR count). The highest BCUT2D eigenvalue weighted by Crippen LogP contribution is 2.26. The van der Waals surface area contributed by atoms with Gasteiger partial charge in [-0.1, -0.05) is 18.2 Å². The third-order valence-corrected chi connectivity index (χ3v) is 3.38. The van der Waals surface area contributed by atoms with Gasteiger partial charge < -0.3 is 30.1 Å². The number of nitrogens with zero attached hydrogens (tertiary/aromatic N) is 1. The second-order valence-corrected chi connectivity index (χ2v) is 4.70. The molecule has 4 N–H and O–H groups in total. The first-order valence-corrected chi connectivity index (χ1v) is 6.14. The molecule has 0 radical (unpaired) electrons. The summed E-state index contributed by atoms with van der Waals surface area (Å²) in [4.78, 5) is 12.5. The molecular formula is C13H17NO6. The Labute approximate surface area is 115 Å². The standard InChI is InChI=1S/C13H17NO6/c1-14(7-5-3-2-4-6-7)12-10(17)8(15)9(16)11(20-12)13(18)19/h2-6,8-12,15-17H,1H3,(H,18,19)/t8-,9-,10+,11-,12+/m0/s1. The summed E-state index contributed by atoms with van der Waals surface area (Å²) in [5.41, 5.74) is 0.685. The maximum atomic E-state index is 11.0. The summed E-state index contributed by atoms with van der Waals surface area (Å²) in [6.45, 7) is 0. The smallest absolute Gasteiger partial charge is 0.335 e. The van der Waals surface area contributed by atoms with Gasteiger partial charge in [-0.3, -0.25) is 0 Å². The zero-order chi connectivity index (χ0) is 14.9. The number of aliphatic hydroxyl groups is 3. The van der Waals surface area contributed by atoms with E-state index in [1.54, 1.807) is 31.3 Å². The van der Waals surface area contributed by atoms with Gasteiger partial charge in [0.1, 0.15) is 18.3 Å². The molecule has 1 aliphatic heterocycles. The van der Waals surface area contributed by atoms with Crippen molar-refractivity contribution in [2.45, 2.75) is 30.6 Å². The Balaban J connectivity index is 2.24. The fourth-order valence-corrected chi connectivity index (χ4v) is 2.20. The van der Waals surface area contributed by atoms with Crippen molar-refractivity contribution in [3.63, 3.8) is 0 Å². The van der Waals surface area contributed by atoms with Crippen molar-refractivity contribution in [2.75, 3.05) is 11.9 Å². The lowest BCUT2D eigenvalue weighted by Crippen LogP contribution is -2.63. The number of rotatable bonds is 3. The quantitative estimate of drug-likeness (QED) is 0.564. The summed E-state index contributed by atoms with van der Waals surface area (Å²) < 4.78 is 5.23. The lowest BCUT2D eigenvalue weighted by Gasteiger charge is -2.43. The lowest BCUT2D eigenvalue weighted by atomic mass is 9.97. The average molecular weight is 283 g/mol. The molecule has 0 spiro atoms. The van der Waals surface area contributed by atoms with Crippen molar-refractivity contribution in [1.82, 2.24) is 0 Å². The van der Waals surface area contributed by atoms with Gasteiger partial charge in [-0.2, -0.15) is 0 Å². The summed E-state index contributed by atoms with van der Waals surface area (Å²) in [5.74, 6) is -1.39. The maximum absolute atomic E-state index is 11.0. The normalized spacial score (nSPS) is 33.7. The molecule has 7 heteroatoms. The first-order chi connectivity index (χ1) is 9.43. The van der Waals surface area contributed by atoms with E-state index in [9.17, 15) is 20.1 Å². The summed E-state index contributed by atoms with van der Waals surface area (Å²) in [6, 6.07) is 8.88. The first-order valence-electron chi connectivity index (χ1n) is 6.14. The highest BCUT2D eigenvalue weighted by molar-refractivity contribution is 5.73. The lowest BCUT2D eigenvalue weighted by molar-refractivity contribution is -0.226. The van der Waals surface area contributed by atoms with Crippen molar-refractivity contribution in [3.8, 4) is 0 Å². The molecule has 110 valence electrons. The Hall–Kier alpha value is -1.67. The molecule has 0 unspecified atom stereocenters. The fourth-order valence-electron chi connectivity index (χ4n) is 2.20. The molecule has 0 amide bonds. The number of anilines is 1. The van der Waals surface area contributed by atoms with Gasteiger partial charge in [-0.15, -0.1) is 0 Å². The summed E-state index contributed by atoms with van der Waals surface area (Å²) in [7, 11) is 1.60. The van der Waals surface area contributed by atoms with Gasteiger partial charge in [0.15, 0.2) is 12.3 Å². The van der Waals surface area contributed by atoms with Crippen LogP contribution in [0.1, 0.15) is 0 Å². The van der Waals surface area contributed by atoms with E-state index in [2.05, 4.69) is 0 Å². The van der Waals surface area contributed by atoms with E-state index in [4.69, 9.17) is 9.84 Å². The van der Waals surface area contributed by atoms with Gasteiger partial charge in [-0.05, 0) is 12.1 Å². The number of carboxylic acids is 1. The van der Waals surface area contributed by atoms with Gasteiger partial charge in [0.2, 0.25) is 0 Å². The van der Waals surface area contributed by atoms with Crippen LogP contribution in [0, 0.1) is 0 Å². The molecule has 0 saturated carbocycles. The van der Waals surface area contributed by atoms with Gasteiger partial charge in [0.25, 0.3) is 0 Å². The Morgan fingerprint density at radius 2 is 1.70 bits per heavy atom. The van der Waals surface area contributed by atoms with Crippen LogP contribution in [0.2, 0.25) is 0 Å².